The maximum Gasteiger partial charge on any atom is 0.264 e. The van der Waals surface area contributed by atoms with Gasteiger partial charge in [-0.25, -0.2) is 8.42 Å². The molecule has 8 nitrogen and oxygen atoms in total. The standard InChI is InChI=1S/C26H30N2O6S/c1-18-6-13-23(14-7-18)35(30,31)28(21-9-11-22(32-3)12-10-21)17-26(29)27-19(2)20-8-15-24(33-4)25(16-20)34-5/h6-16,19H,17H2,1-5H3,(H,27,29). The largest absolute Gasteiger partial charge is 0.497 e. The zero-order valence-electron chi connectivity index (χ0n) is 20.4. The molecular formula is C26H30N2O6S. The number of carbonyl (C=O) groups excluding carboxylic acids is 1. The molecule has 3 aromatic carbocycles. The fraction of sp³-hybridized carbons (Fsp3) is 0.269. The minimum atomic E-state index is -4.01. The molecule has 0 spiro atoms. The highest BCUT2D eigenvalue weighted by atomic mass is 32.2. The molecule has 1 N–H and O–H groups in total. The van der Waals surface area contributed by atoms with Crippen LogP contribution in [-0.2, 0) is 14.8 Å². The van der Waals surface area contributed by atoms with Crippen molar-refractivity contribution in [3.05, 3.63) is 77.9 Å². The lowest BCUT2D eigenvalue weighted by Crippen LogP contribution is -2.41. The Bertz CT molecular complexity index is 1260. The van der Waals surface area contributed by atoms with Gasteiger partial charge >= 0.3 is 0 Å². The number of anilines is 1. The van der Waals surface area contributed by atoms with Crippen molar-refractivity contribution in [1.29, 1.82) is 0 Å². The minimum Gasteiger partial charge on any atom is -0.497 e. The lowest BCUT2D eigenvalue weighted by molar-refractivity contribution is -0.120. The molecular weight excluding hydrogens is 468 g/mol. The van der Waals surface area contributed by atoms with Crippen molar-refractivity contribution in [2.24, 2.45) is 0 Å². The summed E-state index contributed by atoms with van der Waals surface area (Å²) in [5.74, 6) is 1.23. The van der Waals surface area contributed by atoms with Crippen LogP contribution in [0.4, 0.5) is 5.69 Å². The molecule has 0 fully saturated rings. The maximum atomic E-state index is 13.5. The molecule has 0 heterocycles. The average Bonchev–Trinajstić information content (AvgIpc) is 2.87. The summed E-state index contributed by atoms with van der Waals surface area (Å²) in [4.78, 5) is 13.1. The summed E-state index contributed by atoms with van der Waals surface area (Å²) in [7, 11) is 0.598. The van der Waals surface area contributed by atoms with Crippen LogP contribution in [0, 0.1) is 6.92 Å². The number of aryl methyl sites for hydroxylation is 1. The van der Waals surface area contributed by atoms with E-state index in [-0.39, 0.29) is 4.90 Å². The summed E-state index contributed by atoms with van der Waals surface area (Å²) in [5.41, 5.74) is 2.06. The third kappa shape index (κ3) is 6.05. The van der Waals surface area contributed by atoms with E-state index >= 15 is 0 Å². The second-order valence-corrected chi connectivity index (χ2v) is 9.79. The van der Waals surface area contributed by atoms with E-state index < -0.39 is 28.5 Å². The van der Waals surface area contributed by atoms with Gasteiger partial charge in [0, 0.05) is 0 Å². The Balaban J connectivity index is 1.88. The Labute approximate surface area is 206 Å². The zero-order chi connectivity index (χ0) is 25.6. The minimum absolute atomic E-state index is 0.0969. The summed E-state index contributed by atoms with van der Waals surface area (Å²) in [5, 5.41) is 2.87. The van der Waals surface area contributed by atoms with Gasteiger partial charge in [-0.2, -0.15) is 0 Å². The summed E-state index contributed by atoms with van der Waals surface area (Å²) in [6.07, 6.45) is 0. The number of benzene rings is 3. The first-order valence-corrected chi connectivity index (χ1v) is 12.4. The monoisotopic (exact) mass is 498 g/mol. The van der Waals surface area contributed by atoms with E-state index in [9.17, 15) is 13.2 Å². The first kappa shape index (κ1) is 25.9. The van der Waals surface area contributed by atoms with E-state index in [2.05, 4.69) is 5.32 Å². The number of nitrogens with zero attached hydrogens (tertiary/aromatic N) is 1. The van der Waals surface area contributed by atoms with Gasteiger partial charge in [0.1, 0.15) is 12.3 Å². The van der Waals surface area contributed by atoms with Crippen molar-refractivity contribution < 1.29 is 27.4 Å². The van der Waals surface area contributed by atoms with Gasteiger partial charge in [-0.1, -0.05) is 23.8 Å². The van der Waals surface area contributed by atoms with Gasteiger partial charge in [-0.05, 0) is 67.9 Å². The molecule has 0 aliphatic rings. The summed E-state index contributed by atoms with van der Waals surface area (Å²) in [6.45, 7) is 3.28. The fourth-order valence-electron chi connectivity index (χ4n) is 3.52. The molecule has 186 valence electrons. The maximum absolute atomic E-state index is 13.5. The van der Waals surface area contributed by atoms with Gasteiger partial charge in [0.2, 0.25) is 5.91 Å². The first-order valence-electron chi connectivity index (χ1n) is 10.9. The van der Waals surface area contributed by atoms with Crippen molar-refractivity contribution in [2.45, 2.75) is 24.8 Å². The fourth-order valence-corrected chi connectivity index (χ4v) is 4.95. The second-order valence-electron chi connectivity index (χ2n) is 7.93. The van der Waals surface area contributed by atoms with Gasteiger partial charge in [0.15, 0.2) is 11.5 Å². The smallest absolute Gasteiger partial charge is 0.264 e. The molecule has 0 saturated carbocycles. The molecule has 3 rings (SSSR count). The summed E-state index contributed by atoms with van der Waals surface area (Å²) >= 11 is 0. The number of hydrogen-bond donors (Lipinski definition) is 1. The molecule has 1 atom stereocenters. The number of nitrogens with one attached hydrogen (secondary N) is 1. The Kier molecular flexibility index (Phi) is 8.24. The van der Waals surface area contributed by atoms with Crippen LogP contribution in [0.25, 0.3) is 0 Å². The first-order chi connectivity index (χ1) is 16.7. The Morgan fingerprint density at radius 1 is 0.886 bits per heavy atom. The number of ether oxygens (including phenoxy) is 3. The molecule has 0 aromatic heterocycles. The lowest BCUT2D eigenvalue weighted by Gasteiger charge is -2.25. The number of hydrogen-bond acceptors (Lipinski definition) is 6. The van der Waals surface area contributed by atoms with Crippen molar-refractivity contribution >= 4 is 21.6 Å². The highest BCUT2D eigenvalue weighted by Gasteiger charge is 2.28. The number of sulfonamides is 1. The molecule has 35 heavy (non-hydrogen) atoms. The number of methoxy groups -OCH3 is 3. The number of rotatable bonds is 10. The highest BCUT2D eigenvalue weighted by molar-refractivity contribution is 7.92. The molecule has 0 saturated heterocycles. The van der Waals surface area contributed by atoms with Crippen LogP contribution in [0.5, 0.6) is 17.2 Å². The Morgan fingerprint density at radius 3 is 2.09 bits per heavy atom. The van der Waals surface area contributed by atoms with Crippen molar-refractivity contribution in [3.63, 3.8) is 0 Å². The second kappa shape index (κ2) is 11.1. The molecule has 0 bridgehead atoms. The molecule has 0 radical (unpaired) electrons. The van der Waals surface area contributed by atoms with Crippen LogP contribution in [-0.4, -0.2) is 42.2 Å². The van der Waals surface area contributed by atoms with E-state index in [0.29, 0.717) is 22.9 Å². The quantitative estimate of drug-likeness (QED) is 0.452. The van der Waals surface area contributed by atoms with E-state index in [4.69, 9.17) is 14.2 Å². The number of carbonyl (C=O) groups is 1. The molecule has 0 aliphatic carbocycles. The van der Waals surface area contributed by atoms with Crippen LogP contribution in [0.15, 0.2) is 71.6 Å². The van der Waals surface area contributed by atoms with Gasteiger partial charge in [0.05, 0.1) is 38.0 Å². The molecule has 9 heteroatoms. The number of amides is 1. The lowest BCUT2D eigenvalue weighted by atomic mass is 10.1. The predicted octanol–water partition coefficient (Wildman–Crippen LogP) is 4.09. The van der Waals surface area contributed by atoms with E-state index in [1.807, 2.05) is 19.9 Å². The van der Waals surface area contributed by atoms with Crippen LogP contribution in [0.3, 0.4) is 0 Å². The predicted molar refractivity (Wildman–Crippen MR) is 135 cm³/mol. The molecule has 0 aliphatic heterocycles. The third-order valence-electron chi connectivity index (χ3n) is 5.54. The topological polar surface area (TPSA) is 94.2 Å². The van der Waals surface area contributed by atoms with Crippen LogP contribution >= 0.6 is 0 Å². The van der Waals surface area contributed by atoms with Gasteiger partial charge in [-0.3, -0.25) is 9.10 Å². The van der Waals surface area contributed by atoms with Crippen LogP contribution < -0.4 is 23.8 Å². The van der Waals surface area contributed by atoms with E-state index in [1.54, 1.807) is 55.6 Å². The Morgan fingerprint density at radius 2 is 1.51 bits per heavy atom. The summed E-state index contributed by atoms with van der Waals surface area (Å²) < 4.78 is 43.9. The molecule has 3 aromatic rings. The van der Waals surface area contributed by atoms with Crippen molar-refractivity contribution in [2.75, 3.05) is 32.2 Å². The van der Waals surface area contributed by atoms with E-state index in [1.165, 1.54) is 26.4 Å². The zero-order valence-corrected chi connectivity index (χ0v) is 21.3. The normalized spacial score (nSPS) is 11.9. The SMILES string of the molecule is COc1ccc(N(CC(=O)NC(C)c2ccc(OC)c(OC)c2)S(=O)(=O)c2ccc(C)cc2)cc1. The average molecular weight is 499 g/mol. The van der Waals surface area contributed by atoms with E-state index in [0.717, 1.165) is 15.4 Å². The van der Waals surface area contributed by atoms with Crippen molar-refractivity contribution in [3.8, 4) is 17.2 Å². The van der Waals surface area contributed by atoms with Gasteiger partial charge in [-0.15, -0.1) is 0 Å². The van der Waals surface area contributed by atoms with Gasteiger partial charge < -0.3 is 19.5 Å². The van der Waals surface area contributed by atoms with Crippen LogP contribution in [0.2, 0.25) is 0 Å². The van der Waals surface area contributed by atoms with Crippen molar-refractivity contribution in [1.82, 2.24) is 5.32 Å². The third-order valence-corrected chi connectivity index (χ3v) is 7.33. The molecule has 1 amide bonds. The van der Waals surface area contributed by atoms with Crippen LogP contribution in [0.1, 0.15) is 24.1 Å². The van der Waals surface area contributed by atoms with Gasteiger partial charge in [0.25, 0.3) is 10.0 Å². The molecule has 1 unspecified atom stereocenters. The highest BCUT2D eigenvalue weighted by Crippen LogP contribution is 2.30. The summed E-state index contributed by atoms with van der Waals surface area (Å²) in [6, 6.07) is 18.0. The Hall–Kier alpha value is -3.72.